The van der Waals surface area contributed by atoms with Crippen LogP contribution in [0.4, 0.5) is 5.69 Å². The monoisotopic (exact) mass is 366 g/mol. The van der Waals surface area contributed by atoms with Crippen LogP contribution in [0.2, 0.25) is 5.15 Å². The number of carbonyl (C=O) groups excluding carboxylic acids is 1. The first kappa shape index (κ1) is 16.0. The molecule has 21 heavy (non-hydrogen) atoms. The molecule has 0 saturated carbocycles. The molecule has 1 N–H and O–H groups in total. The number of anilines is 1. The molecule has 0 atom stereocenters. The van der Waals surface area contributed by atoms with Crippen LogP contribution in [0, 0.1) is 6.92 Å². The zero-order valence-corrected chi connectivity index (χ0v) is 14.4. The van der Waals surface area contributed by atoms with Gasteiger partial charge >= 0.3 is 0 Å². The van der Waals surface area contributed by atoms with E-state index in [1.807, 2.05) is 39.0 Å². The summed E-state index contributed by atoms with van der Waals surface area (Å²) in [6.07, 6.45) is 0. The fourth-order valence-electron chi connectivity index (χ4n) is 1.88. The van der Waals surface area contributed by atoms with Crippen molar-refractivity contribution in [3.63, 3.8) is 0 Å². The van der Waals surface area contributed by atoms with Gasteiger partial charge in [0.2, 0.25) is 0 Å². The first-order valence-corrected chi connectivity index (χ1v) is 7.79. The van der Waals surface area contributed by atoms with Gasteiger partial charge in [-0.15, -0.1) is 0 Å². The van der Waals surface area contributed by atoms with E-state index in [0.29, 0.717) is 10.7 Å². The van der Waals surface area contributed by atoms with Gasteiger partial charge in [-0.05, 0) is 42.7 Å². The van der Waals surface area contributed by atoms with Crippen molar-refractivity contribution < 1.29 is 4.79 Å². The number of pyridine rings is 1. The smallest absolute Gasteiger partial charge is 0.255 e. The summed E-state index contributed by atoms with van der Waals surface area (Å²) in [6.45, 7) is 5.97. The van der Waals surface area contributed by atoms with E-state index in [-0.39, 0.29) is 11.8 Å². The summed E-state index contributed by atoms with van der Waals surface area (Å²) in [7, 11) is 0. The molecule has 0 saturated heterocycles. The van der Waals surface area contributed by atoms with Gasteiger partial charge in [-0.3, -0.25) is 4.79 Å². The highest BCUT2D eigenvalue weighted by Gasteiger charge is 2.13. The Morgan fingerprint density at radius 2 is 2.05 bits per heavy atom. The normalized spacial score (nSPS) is 10.8. The minimum Gasteiger partial charge on any atom is -0.322 e. The van der Waals surface area contributed by atoms with Gasteiger partial charge in [0.05, 0.1) is 0 Å². The molecule has 0 radical (unpaired) electrons. The van der Waals surface area contributed by atoms with Crippen LogP contribution in [0.1, 0.15) is 41.4 Å². The summed E-state index contributed by atoms with van der Waals surface area (Å²) < 4.78 is 0.955. The first-order valence-electron chi connectivity index (χ1n) is 6.62. The van der Waals surface area contributed by atoms with E-state index in [2.05, 4.69) is 26.2 Å². The zero-order chi connectivity index (χ0) is 15.6. The summed E-state index contributed by atoms with van der Waals surface area (Å²) in [5.74, 6) is 0.0188. The number of hydrogen-bond acceptors (Lipinski definition) is 2. The summed E-state index contributed by atoms with van der Waals surface area (Å²) >= 11 is 9.45. The molecule has 1 aromatic carbocycles. The molecular formula is C16H16BrClN2O. The maximum absolute atomic E-state index is 12.4. The Labute approximate surface area is 137 Å². The quantitative estimate of drug-likeness (QED) is 0.759. The number of nitrogens with one attached hydrogen (secondary N) is 1. The highest BCUT2D eigenvalue weighted by molar-refractivity contribution is 9.10. The number of halogens is 2. The van der Waals surface area contributed by atoms with Crippen molar-refractivity contribution in [2.45, 2.75) is 26.7 Å². The van der Waals surface area contributed by atoms with Crippen molar-refractivity contribution in [3.05, 3.63) is 56.8 Å². The predicted octanol–water partition coefficient (Wildman–Crippen LogP) is 5.18. The van der Waals surface area contributed by atoms with Gasteiger partial charge in [0.1, 0.15) is 5.15 Å². The topological polar surface area (TPSA) is 42.0 Å². The van der Waals surface area contributed by atoms with E-state index < -0.39 is 0 Å². The highest BCUT2D eigenvalue weighted by atomic mass is 79.9. The molecule has 1 heterocycles. The predicted molar refractivity (Wildman–Crippen MR) is 90.2 cm³/mol. The average molecular weight is 368 g/mol. The van der Waals surface area contributed by atoms with Crippen molar-refractivity contribution in [2.75, 3.05) is 5.32 Å². The molecule has 0 spiro atoms. The Bertz CT molecular complexity index is 686. The Hall–Kier alpha value is -1.39. The lowest BCUT2D eigenvalue weighted by molar-refractivity contribution is 0.102. The van der Waals surface area contributed by atoms with Crippen LogP contribution in [0.3, 0.4) is 0 Å². The van der Waals surface area contributed by atoms with Crippen LogP contribution in [0.5, 0.6) is 0 Å². The molecule has 1 aromatic heterocycles. The summed E-state index contributed by atoms with van der Waals surface area (Å²) in [4.78, 5) is 16.6. The molecule has 1 amide bonds. The molecule has 0 unspecified atom stereocenters. The lowest BCUT2D eigenvalue weighted by Gasteiger charge is -2.11. The second-order valence-corrected chi connectivity index (χ2v) is 6.37. The van der Waals surface area contributed by atoms with Crippen LogP contribution in [0.25, 0.3) is 0 Å². The third-order valence-corrected chi connectivity index (χ3v) is 4.24. The van der Waals surface area contributed by atoms with Crippen molar-refractivity contribution in [1.29, 1.82) is 0 Å². The van der Waals surface area contributed by atoms with Gasteiger partial charge in [0, 0.05) is 21.4 Å². The van der Waals surface area contributed by atoms with Crippen LogP contribution in [-0.4, -0.2) is 10.9 Å². The van der Waals surface area contributed by atoms with Gasteiger partial charge < -0.3 is 5.32 Å². The molecular weight excluding hydrogens is 352 g/mol. The van der Waals surface area contributed by atoms with Gasteiger partial charge in [-0.25, -0.2) is 4.98 Å². The minimum absolute atomic E-state index is 0.192. The third-order valence-electron chi connectivity index (χ3n) is 3.18. The van der Waals surface area contributed by atoms with Crippen molar-refractivity contribution in [2.24, 2.45) is 0 Å². The molecule has 2 rings (SSSR count). The van der Waals surface area contributed by atoms with E-state index in [0.717, 1.165) is 21.4 Å². The Kier molecular flexibility index (Phi) is 5.01. The number of rotatable bonds is 3. The Morgan fingerprint density at radius 3 is 2.71 bits per heavy atom. The summed E-state index contributed by atoms with van der Waals surface area (Å²) in [5.41, 5.74) is 3.07. The molecule has 110 valence electrons. The number of hydrogen-bond donors (Lipinski definition) is 1. The number of amides is 1. The van der Waals surface area contributed by atoms with Crippen LogP contribution >= 0.6 is 27.5 Å². The molecule has 2 aromatic rings. The van der Waals surface area contributed by atoms with E-state index in [1.165, 1.54) is 0 Å². The van der Waals surface area contributed by atoms with Crippen LogP contribution in [0.15, 0.2) is 34.8 Å². The summed E-state index contributed by atoms with van der Waals surface area (Å²) in [5, 5.41) is 3.24. The second kappa shape index (κ2) is 6.58. The Morgan fingerprint density at radius 1 is 1.33 bits per heavy atom. The molecule has 3 nitrogen and oxygen atoms in total. The minimum atomic E-state index is -0.192. The SMILES string of the molecule is Cc1c(Br)cccc1NC(=O)c1cc(Cl)nc(C(C)C)c1. The van der Waals surface area contributed by atoms with Crippen molar-refractivity contribution in [1.82, 2.24) is 4.98 Å². The zero-order valence-electron chi connectivity index (χ0n) is 12.1. The number of nitrogens with zero attached hydrogens (tertiary/aromatic N) is 1. The third kappa shape index (κ3) is 3.83. The second-order valence-electron chi connectivity index (χ2n) is 5.12. The maximum Gasteiger partial charge on any atom is 0.255 e. The van der Waals surface area contributed by atoms with E-state index in [1.54, 1.807) is 12.1 Å². The standard InChI is InChI=1S/C16H16BrClN2O/c1-9(2)14-7-11(8-15(18)19-14)16(21)20-13-6-4-5-12(17)10(13)3/h4-9H,1-3H3,(H,20,21). The van der Waals surface area contributed by atoms with E-state index in [4.69, 9.17) is 11.6 Å². The molecule has 0 aliphatic carbocycles. The van der Waals surface area contributed by atoms with E-state index in [9.17, 15) is 4.79 Å². The van der Waals surface area contributed by atoms with Crippen molar-refractivity contribution >= 4 is 39.1 Å². The highest BCUT2D eigenvalue weighted by Crippen LogP contribution is 2.24. The van der Waals surface area contributed by atoms with Gasteiger partial charge in [0.25, 0.3) is 5.91 Å². The maximum atomic E-state index is 12.4. The van der Waals surface area contributed by atoms with Crippen LogP contribution < -0.4 is 5.32 Å². The lowest BCUT2D eigenvalue weighted by Crippen LogP contribution is -2.14. The van der Waals surface area contributed by atoms with Crippen molar-refractivity contribution in [3.8, 4) is 0 Å². The number of aromatic nitrogens is 1. The van der Waals surface area contributed by atoms with Gasteiger partial charge in [0.15, 0.2) is 0 Å². The largest absolute Gasteiger partial charge is 0.322 e. The van der Waals surface area contributed by atoms with Crippen LogP contribution in [-0.2, 0) is 0 Å². The van der Waals surface area contributed by atoms with Gasteiger partial charge in [-0.1, -0.05) is 47.4 Å². The first-order chi connectivity index (χ1) is 9.88. The average Bonchev–Trinajstić information content (AvgIpc) is 2.43. The molecule has 0 aliphatic rings. The van der Waals surface area contributed by atoms with Gasteiger partial charge in [-0.2, -0.15) is 0 Å². The Balaban J connectivity index is 2.30. The fraction of sp³-hybridized carbons (Fsp3) is 0.250. The molecule has 0 bridgehead atoms. The number of benzene rings is 1. The fourth-order valence-corrected chi connectivity index (χ4v) is 2.46. The lowest BCUT2D eigenvalue weighted by atomic mass is 10.1. The molecule has 0 fully saturated rings. The number of carbonyl (C=O) groups is 1. The summed E-state index contributed by atoms with van der Waals surface area (Å²) in [6, 6.07) is 9.04. The molecule has 0 aliphatic heterocycles. The molecule has 5 heteroatoms. The van der Waals surface area contributed by atoms with E-state index >= 15 is 0 Å².